The van der Waals surface area contributed by atoms with Gasteiger partial charge in [-0.15, -0.1) is 0 Å². The Balaban J connectivity index is 1.83. The van der Waals surface area contributed by atoms with Gasteiger partial charge < -0.3 is 10.0 Å². The second-order valence-electron chi connectivity index (χ2n) is 8.03. The van der Waals surface area contributed by atoms with Crippen LogP contribution >= 0.6 is 0 Å². The number of urea groups is 1. The Hall–Kier alpha value is -3.35. The number of imide groups is 1. The Labute approximate surface area is 196 Å². The van der Waals surface area contributed by atoms with Gasteiger partial charge in [0.1, 0.15) is 6.54 Å². The molecule has 182 valence electrons. The third-order valence-corrected chi connectivity index (χ3v) is 7.36. The number of carbonyl (C=O) groups excluding carboxylic acids is 3. The van der Waals surface area contributed by atoms with E-state index in [1.54, 1.807) is 36.7 Å². The number of benzene rings is 1. The molecule has 2 heterocycles. The fourth-order valence-electron chi connectivity index (χ4n) is 3.62. The van der Waals surface area contributed by atoms with Gasteiger partial charge in [0.15, 0.2) is 15.4 Å². The van der Waals surface area contributed by atoms with Crippen LogP contribution in [-0.2, 0) is 19.4 Å². The van der Waals surface area contributed by atoms with Crippen LogP contribution < -0.4 is 5.48 Å². The number of hydrogen-bond acceptors (Lipinski definition) is 8. The molecule has 3 N–H and O–H groups in total. The van der Waals surface area contributed by atoms with E-state index in [9.17, 15) is 27.9 Å². The fourth-order valence-corrected chi connectivity index (χ4v) is 5.19. The number of aliphatic hydroxyl groups is 1. The number of pyridine rings is 1. The van der Waals surface area contributed by atoms with Crippen LogP contribution in [0.1, 0.15) is 19.8 Å². The molecule has 2 aromatic rings. The van der Waals surface area contributed by atoms with E-state index < -0.39 is 45.6 Å². The molecule has 0 saturated carbocycles. The predicted molar refractivity (Wildman–Crippen MR) is 120 cm³/mol. The van der Waals surface area contributed by atoms with E-state index in [2.05, 4.69) is 4.98 Å². The third kappa shape index (κ3) is 5.41. The maximum atomic E-state index is 13.0. The lowest BCUT2D eigenvalue weighted by Gasteiger charge is -2.29. The summed E-state index contributed by atoms with van der Waals surface area (Å²) in [6.45, 7) is 1.07. The zero-order chi connectivity index (χ0) is 24.9. The van der Waals surface area contributed by atoms with Gasteiger partial charge in [0.2, 0.25) is 5.91 Å². The van der Waals surface area contributed by atoms with Crippen LogP contribution in [0.3, 0.4) is 0 Å². The molecule has 0 spiro atoms. The summed E-state index contributed by atoms with van der Waals surface area (Å²) in [5.74, 6) is -3.28. The molecule has 34 heavy (non-hydrogen) atoms. The molecule has 1 unspecified atom stereocenters. The van der Waals surface area contributed by atoms with Gasteiger partial charge in [0, 0.05) is 18.9 Å². The zero-order valence-corrected chi connectivity index (χ0v) is 19.4. The molecule has 1 aliphatic heterocycles. The molecule has 12 heteroatoms. The summed E-state index contributed by atoms with van der Waals surface area (Å²) < 4.78 is 26.1. The molecule has 1 fully saturated rings. The van der Waals surface area contributed by atoms with E-state index in [0.717, 1.165) is 17.5 Å². The van der Waals surface area contributed by atoms with Crippen molar-refractivity contribution >= 4 is 27.7 Å². The Bertz CT molecular complexity index is 1160. The number of rotatable bonds is 10. The first-order chi connectivity index (χ1) is 16.1. The lowest BCUT2D eigenvalue weighted by Crippen LogP contribution is -2.58. The monoisotopic (exact) mass is 490 g/mol. The molecule has 11 nitrogen and oxygen atoms in total. The van der Waals surface area contributed by atoms with Gasteiger partial charge in [0.25, 0.3) is 5.91 Å². The normalized spacial score (nSPS) is 16.0. The van der Waals surface area contributed by atoms with E-state index in [1.807, 2.05) is 6.92 Å². The molecular weight excluding hydrogens is 464 g/mol. The van der Waals surface area contributed by atoms with E-state index in [4.69, 9.17) is 5.21 Å². The fraction of sp³-hybridized carbons (Fsp3) is 0.364. The highest BCUT2D eigenvalue weighted by Gasteiger charge is 2.47. The average molecular weight is 491 g/mol. The van der Waals surface area contributed by atoms with Crippen molar-refractivity contribution in [2.45, 2.75) is 30.3 Å². The molecule has 1 aliphatic rings. The van der Waals surface area contributed by atoms with Crippen LogP contribution in [-0.4, -0.2) is 82.3 Å². The van der Waals surface area contributed by atoms with Gasteiger partial charge in [-0.05, 0) is 41.8 Å². The highest BCUT2D eigenvalue weighted by molar-refractivity contribution is 7.91. The van der Waals surface area contributed by atoms with Crippen molar-refractivity contribution in [3.05, 3.63) is 48.8 Å². The largest absolute Gasteiger partial charge is 0.377 e. The van der Waals surface area contributed by atoms with Crippen LogP contribution in [0.25, 0.3) is 11.1 Å². The molecular formula is C22H26N4O7S. The van der Waals surface area contributed by atoms with Crippen molar-refractivity contribution in [3.8, 4) is 11.1 Å². The molecule has 0 bridgehead atoms. The minimum atomic E-state index is -4.27. The number of hydroxylamine groups is 1. The SMILES string of the molecule is CCCCN1CC(=O)N(CC(O)(CS(=O)(=O)c2ccc(-c3ccncc3)cc2)C(=O)NO)C1=O. The first-order valence-electron chi connectivity index (χ1n) is 10.6. The van der Waals surface area contributed by atoms with Crippen LogP contribution in [0.15, 0.2) is 53.7 Å². The lowest BCUT2D eigenvalue weighted by atomic mass is 10.1. The highest BCUT2D eigenvalue weighted by atomic mass is 32.2. The van der Waals surface area contributed by atoms with Crippen LogP contribution in [0.5, 0.6) is 0 Å². The van der Waals surface area contributed by atoms with Crippen molar-refractivity contribution < 1.29 is 33.1 Å². The number of carbonyl (C=O) groups is 3. The van der Waals surface area contributed by atoms with Gasteiger partial charge in [0.05, 0.1) is 17.2 Å². The number of amides is 4. The summed E-state index contributed by atoms with van der Waals surface area (Å²) in [6, 6.07) is 8.53. The summed E-state index contributed by atoms with van der Waals surface area (Å²) in [4.78, 5) is 42.9. The average Bonchev–Trinajstić information content (AvgIpc) is 3.09. The topological polar surface area (TPSA) is 157 Å². The maximum absolute atomic E-state index is 13.0. The van der Waals surface area contributed by atoms with Crippen LogP contribution in [0.2, 0.25) is 0 Å². The minimum Gasteiger partial charge on any atom is -0.377 e. The van der Waals surface area contributed by atoms with E-state index >= 15 is 0 Å². The summed E-state index contributed by atoms with van der Waals surface area (Å²) in [6.07, 6.45) is 4.63. The second-order valence-corrected chi connectivity index (χ2v) is 10.0. The Kier molecular flexibility index (Phi) is 7.64. The molecule has 1 aromatic heterocycles. The smallest absolute Gasteiger partial charge is 0.327 e. The van der Waals surface area contributed by atoms with Gasteiger partial charge in [-0.2, -0.15) is 0 Å². The van der Waals surface area contributed by atoms with Gasteiger partial charge >= 0.3 is 6.03 Å². The van der Waals surface area contributed by atoms with E-state index in [1.165, 1.54) is 22.5 Å². The summed E-state index contributed by atoms with van der Waals surface area (Å²) >= 11 is 0. The number of hydrogen-bond donors (Lipinski definition) is 3. The first kappa shape index (κ1) is 25.3. The number of unbranched alkanes of at least 4 members (excludes halogenated alkanes) is 1. The Morgan fingerprint density at radius 1 is 1.12 bits per heavy atom. The molecule has 4 amide bonds. The maximum Gasteiger partial charge on any atom is 0.327 e. The van der Waals surface area contributed by atoms with Gasteiger partial charge in [-0.25, -0.2) is 18.7 Å². The van der Waals surface area contributed by atoms with E-state index in [0.29, 0.717) is 17.9 Å². The van der Waals surface area contributed by atoms with Gasteiger partial charge in [-0.1, -0.05) is 25.5 Å². The summed E-state index contributed by atoms with van der Waals surface area (Å²) in [5, 5.41) is 20.1. The molecule has 1 saturated heterocycles. The molecule has 1 atom stereocenters. The number of aromatic nitrogens is 1. The highest BCUT2D eigenvalue weighted by Crippen LogP contribution is 2.24. The third-order valence-electron chi connectivity index (χ3n) is 5.51. The van der Waals surface area contributed by atoms with Crippen LogP contribution in [0.4, 0.5) is 4.79 Å². The predicted octanol–water partition coefficient (Wildman–Crippen LogP) is 0.823. The molecule has 0 radical (unpaired) electrons. The van der Waals surface area contributed by atoms with E-state index in [-0.39, 0.29) is 11.4 Å². The minimum absolute atomic E-state index is 0.182. The van der Waals surface area contributed by atoms with Crippen LogP contribution in [0, 0.1) is 0 Å². The Morgan fingerprint density at radius 2 is 1.74 bits per heavy atom. The zero-order valence-electron chi connectivity index (χ0n) is 18.5. The van der Waals surface area contributed by atoms with Crippen molar-refractivity contribution in [2.75, 3.05) is 25.4 Å². The van der Waals surface area contributed by atoms with Gasteiger partial charge in [-0.3, -0.25) is 24.7 Å². The summed E-state index contributed by atoms with van der Waals surface area (Å²) in [7, 11) is -4.27. The molecule has 0 aliphatic carbocycles. The van der Waals surface area contributed by atoms with Crippen molar-refractivity contribution in [1.82, 2.24) is 20.3 Å². The molecule has 1 aromatic carbocycles. The van der Waals surface area contributed by atoms with Crippen molar-refractivity contribution in [1.29, 1.82) is 0 Å². The molecule has 3 rings (SSSR count). The number of β-amino-alcohol motifs (C(OH)–C–C–N with tert-alkyl or cyclic N) is 1. The number of nitrogens with one attached hydrogen (secondary N) is 1. The lowest BCUT2D eigenvalue weighted by molar-refractivity contribution is -0.148. The number of nitrogens with zero attached hydrogens (tertiary/aromatic N) is 3. The first-order valence-corrected chi connectivity index (χ1v) is 12.3. The number of sulfone groups is 1. The standard InChI is InChI=1S/C22H26N4O7S/c1-2-3-12-25-13-19(27)26(21(25)29)14-22(30,20(28)24-31)15-34(32,33)18-6-4-16(5-7-18)17-8-10-23-11-9-17/h4-11,30-31H,2-3,12-15H2,1H3,(H,24,28). The summed E-state index contributed by atoms with van der Waals surface area (Å²) in [5.41, 5.74) is 0.00352. The van der Waals surface area contributed by atoms with Crippen molar-refractivity contribution in [3.63, 3.8) is 0 Å². The van der Waals surface area contributed by atoms with Crippen molar-refractivity contribution in [2.24, 2.45) is 0 Å². The second kappa shape index (κ2) is 10.3. The quantitative estimate of drug-likeness (QED) is 0.251. The Morgan fingerprint density at radius 3 is 2.32 bits per heavy atom.